The summed E-state index contributed by atoms with van der Waals surface area (Å²) in [7, 11) is 1.68. The van der Waals surface area contributed by atoms with Gasteiger partial charge in [0.1, 0.15) is 11.6 Å². The Morgan fingerprint density at radius 2 is 2.33 bits per heavy atom. The van der Waals surface area contributed by atoms with E-state index in [0.29, 0.717) is 5.92 Å². The Morgan fingerprint density at radius 1 is 1.44 bits per heavy atom. The Bertz CT molecular complexity index is 537. The quantitative estimate of drug-likeness (QED) is 0.841. The van der Waals surface area contributed by atoms with E-state index < -0.39 is 0 Å². The Labute approximate surface area is 110 Å². The molecule has 0 saturated heterocycles. The number of nitrogens with one attached hydrogen (secondary N) is 1. The van der Waals surface area contributed by atoms with Crippen LogP contribution < -0.4 is 4.74 Å². The summed E-state index contributed by atoms with van der Waals surface area (Å²) in [5, 5.41) is 8.08. The number of aromatic amines is 1. The van der Waals surface area contributed by atoms with Gasteiger partial charge in [-0.05, 0) is 30.5 Å². The summed E-state index contributed by atoms with van der Waals surface area (Å²) in [6.07, 6.45) is 2.49. The molecule has 94 valence electrons. The van der Waals surface area contributed by atoms with E-state index in [-0.39, 0.29) is 0 Å². The van der Waals surface area contributed by atoms with E-state index in [4.69, 9.17) is 4.74 Å². The van der Waals surface area contributed by atoms with Crippen LogP contribution in [-0.4, -0.2) is 22.3 Å². The van der Waals surface area contributed by atoms with Crippen LogP contribution in [0.4, 0.5) is 0 Å². The highest BCUT2D eigenvalue weighted by atomic mass is 32.2. The summed E-state index contributed by atoms with van der Waals surface area (Å²) in [6, 6.07) is 8.08. The van der Waals surface area contributed by atoms with Crippen LogP contribution >= 0.6 is 11.8 Å². The highest BCUT2D eigenvalue weighted by molar-refractivity contribution is 7.98. The number of methoxy groups -OCH3 is 1. The van der Waals surface area contributed by atoms with Gasteiger partial charge in [-0.3, -0.25) is 5.10 Å². The number of thioether (sulfide) groups is 1. The van der Waals surface area contributed by atoms with Crippen LogP contribution in [0.25, 0.3) is 0 Å². The Hall–Kier alpha value is -1.49. The zero-order valence-electron chi connectivity index (χ0n) is 10.2. The van der Waals surface area contributed by atoms with Crippen LogP contribution in [0.15, 0.2) is 29.4 Å². The van der Waals surface area contributed by atoms with Crippen molar-refractivity contribution < 1.29 is 4.74 Å². The summed E-state index contributed by atoms with van der Waals surface area (Å²) in [4.78, 5) is 4.49. The molecule has 1 aromatic carbocycles. The van der Waals surface area contributed by atoms with Gasteiger partial charge in [0.25, 0.3) is 0 Å². The van der Waals surface area contributed by atoms with Crippen LogP contribution in [0.5, 0.6) is 5.75 Å². The van der Waals surface area contributed by atoms with Crippen molar-refractivity contribution in [3.8, 4) is 5.75 Å². The molecule has 1 aliphatic carbocycles. The number of rotatable bonds is 5. The first-order valence-electron chi connectivity index (χ1n) is 6.03. The average Bonchev–Trinajstić information content (AvgIpc) is 3.16. The summed E-state index contributed by atoms with van der Waals surface area (Å²) in [5.41, 5.74) is 1.22. The first kappa shape index (κ1) is 11.6. The highest BCUT2D eigenvalue weighted by Crippen LogP contribution is 2.38. The molecule has 18 heavy (non-hydrogen) atoms. The fourth-order valence-corrected chi connectivity index (χ4v) is 2.52. The summed E-state index contributed by atoms with van der Waals surface area (Å²) in [5.74, 6) is 3.42. The van der Waals surface area contributed by atoms with Gasteiger partial charge < -0.3 is 4.74 Å². The summed E-state index contributed by atoms with van der Waals surface area (Å²) >= 11 is 1.65. The average molecular weight is 261 g/mol. The number of hydrogen-bond acceptors (Lipinski definition) is 4. The van der Waals surface area contributed by atoms with Gasteiger partial charge in [-0.15, -0.1) is 5.10 Å². The molecule has 0 atom stereocenters. The van der Waals surface area contributed by atoms with Gasteiger partial charge >= 0.3 is 0 Å². The van der Waals surface area contributed by atoms with Crippen molar-refractivity contribution >= 4 is 11.8 Å². The Balaban J connectivity index is 1.61. The van der Waals surface area contributed by atoms with E-state index >= 15 is 0 Å². The highest BCUT2D eigenvalue weighted by Gasteiger charge is 2.27. The molecular weight excluding hydrogens is 246 g/mol. The monoisotopic (exact) mass is 261 g/mol. The molecule has 4 nitrogen and oxygen atoms in total. The molecule has 5 heteroatoms. The number of hydrogen-bond donors (Lipinski definition) is 1. The fraction of sp³-hybridized carbons (Fsp3) is 0.385. The van der Waals surface area contributed by atoms with Gasteiger partial charge in [0.05, 0.1) is 7.11 Å². The van der Waals surface area contributed by atoms with Crippen molar-refractivity contribution in [3.05, 3.63) is 35.7 Å². The second-order valence-corrected chi connectivity index (χ2v) is 5.36. The topological polar surface area (TPSA) is 50.8 Å². The first-order valence-corrected chi connectivity index (χ1v) is 7.02. The van der Waals surface area contributed by atoms with E-state index in [1.807, 2.05) is 18.2 Å². The predicted molar refractivity (Wildman–Crippen MR) is 70.9 cm³/mol. The molecule has 1 aliphatic rings. The largest absolute Gasteiger partial charge is 0.497 e. The molecule has 1 saturated carbocycles. The number of ether oxygens (including phenoxy) is 1. The normalized spacial score (nSPS) is 14.7. The number of aromatic nitrogens is 3. The van der Waals surface area contributed by atoms with Crippen molar-refractivity contribution in [2.75, 3.05) is 7.11 Å². The van der Waals surface area contributed by atoms with Crippen molar-refractivity contribution in [2.24, 2.45) is 0 Å². The van der Waals surface area contributed by atoms with Gasteiger partial charge in [0.2, 0.25) is 5.16 Å². The van der Waals surface area contributed by atoms with Crippen molar-refractivity contribution in [2.45, 2.75) is 29.7 Å². The molecule has 1 fully saturated rings. The second-order valence-electron chi connectivity index (χ2n) is 4.42. The SMILES string of the molecule is COc1cccc(CSc2n[nH]c(C3CC3)n2)c1. The molecule has 3 rings (SSSR count). The van der Waals surface area contributed by atoms with Crippen LogP contribution in [-0.2, 0) is 5.75 Å². The minimum atomic E-state index is 0.628. The van der Waals surface area contributed by atoms with E-state index in [9.17, 15) is 0 Å². The van der Waals surface area contributed by atoms with Crippen LogP contribution in [0, 0.1) is 0 Å². The van der Waals surface area contributed by atoms with Crippen LogP contribution in [0.2, 0.25) is 0 Å². The summed E-state index contributed by atoms with van der Waals surface area (Å²) < 4.78 is 5.20. The van der Waals surface area contributed by atoms with Gasteiger partial charge in [-0.2, -0.15) is 0 Å². The van der Waals surface area contributed by atoms with E-state index in [1.54, 1.807) is 18.9 Å². The lowest BCUT2D eigenvalue weighted by Crippen LogP contribution is -1.86. The maximum atomic E-state index is 5.20. The molecule has 1 heterocycles. The van der Waals surface area contributed by atoms with E-state index in [1.165, 1.54) is 18.4 Å². The maximum Gasteiger partial charge on any atom is 0.208 e. The lowest BCUT2D eigenvalue weighted by molar-refractivity contribution is 0.414. The number of H-pyrrole nitrogens is 1. The maximum absolute atomic E-state index is 5.20. The zero-order valence-corrected chi connectivity index (χ0v) is 11.0. The van der Waals surface area contributed by atoms with Gasteiger partial charge in [0, 0.05) is 11.7 Å². The Morgan fingerprint density at radius 3 is 3.11 bits per heavy atom. The predicted octanol–water partition coefficient (Wildman–Crippen LogP) is 2.98. The first-order chi connectivity index (χ1) is 8.85. The Kier molecular flexibility index (Phi) is 3.23. The van der Waals surface area contributed by atoms with Gasteiger partial charge in [-0.1, -0.05) is 23.9 Å². The van der Waals surface area contributed by atoms with E-state index in [0.717, 1.165) is 22.5 Å². The molecular formula is C13H15N3OS. The standard InChI is InChI=1S/C13H15N3OS/c1-17-11-4-2-3-9(7-11)8-18-13-14-12(15-16-13)10-5-6-10/h2-4,7,10H,5-6,8H2,1H3,(H,14,15,16). The third-order valence-electron chi connectivity index (χ3n) is 2.95. The molecule has 0 bridgehead atoms. The van der Waals surface area contributed by atoms with Crippen LogP contribution in [0.3, 0.4) is 0 Å². The third kappa shape index (κ3) is 2.67. The lowest BCUT2D eigenvalue weighted by atomic mass is 10.2. The molecule has 1 N–H and O–H groups in total. The molecule has 0 unspecified atom stereocenters. The summed E-state index contributed by atoms with van der Waals surface area (Å²) in [6.45, 7) is 0. The van der Waals surface area contributed by atoms with Gasteiger partial charge in [0.15, 0.2) is 0 Å². The van der Waals surface area contributed by atoms with Gasteiger partial charge in [-0.25, -0.2) is 4.98 Å². The number of benzene rings is 1. The van der Waals surface area contributed by atoms with Crippen molar-refractivity contribution in [3.63, 3.8) is 0 Å². The molecule has 0 spiro atoms. The third-order valence-corrected chi connectivity index (χ3v) is 3.87. The molecule has 0 amide bonds. The molecule has 1 aromatic heterocycles. The second kappa shape index (κ2) is 5.02. The fourth-order valence-electron chi connectivity index (χ4n) is 1.77. The van der Waals surface area contributed by atoms with Crippen molar-refractivity contribution in [1.82, 2.24) is 15.2 Å². The van der Waals surface area contributed by atoms with Crippen molar-refractivity contribution in [1.29, 1.82) is 0 Å². The minimum Gasteiger partial charge on any atom is -0.497 e. The van der Waals surface area contributed by atoms with E-state index in [2.05, 4.69) is 21.2 Å². The smallest absolute Gasteiger partial charge is 0.208 e. The number of nitrogens with zero attached hydrogens (tertiary/aromatic N) is 2. The zero-order chi connectivity index (χ0) is 12.4. The lowest BCUT2D eigenvalue weighted by Gasteiger charge is -2.02. The van der Waals surface area contributed by atoms with Crippen LogP contribution in [0.1, 0.15) is 30.1 Å². The molecule has 0 aliphatic heterocycles. The molecule has 0 radical (unpaired) electrons. The molecule has 2 aromatic rings. The minimum absolute atomic E-state index is 0.628.